The van der Waals surface area contributed by atoms with Crippen molar-refractivity contribution in [1.29, 1.82) is 0 Å². The van der Waals surface area contributed by atoms with Crippen molar-refractivity contribution in [2.24, 2.45) is 5.92 Å². The lowest BCUT2D eigenvalue weighted by atomic mass is 9.96. The zero-order chi connectivity index (χ0) is 13.1. The summed E-state index contributed by atoms with van der Waals surface area (Å²) in [7, 11) is 0. The number of nitrogens with zero attached hydrogens (tertiary/aromatic N) is 3. The van der Waals surface area contributed by atoms with E-state index in [0.29, 0.717) is 11.7 Å². The summed E-state index contributed by atoms with van der Waals surface area (Å²) < 4.78 is 5.36. The van der Waals surface area contributed by atoms with Crippen molar-refractivity contribution < 1.29 is 4.52 Å². The van der Waals surface area contributed by atoms with E-state index in [1.165, 1.54) is 12.8 Å². The number of nitrogens with one attached hydrogen (secondary N) is 1. The van der Waals surface area contributed by atoms with Crippen LogP contribution >= 0.6 is 0 Å². The van der Waals surface area contributed by atoms with E-state index < -0.39 is 0 Å². The molecule has 1 unspecified atom stereocenters. The first-order chi connectivity index (χ1) is 9.33. The largest absolute Gasteiger partial charge is 0.339 e. The minimum absolute atomic E-state index is 0.608. The first-order valence-corrected chi connectivity index (χ1v) is 6.77. The highest BCUT2D eigenvalue weighted by atomic mass is 16.5. The zero-order valence-corrected chi connectivity index (χ0v) is 11.1. The number of rotatable bonds is 3. The van der Waals surface area contributed by atoms with Crippen LogP contribution in [0.5, 0.6) is 0 Å². The average Bonchev–Trinajstić information content (AvgIpc) is 2.89. The van der Waals surface area contributed by atoms with Gasteiger partial charge in [0.25, 0.3) is 0 Å². The minimum Gasteiger partial charge on any atom is -0.339 e. The zero-order valence-electron chi connectivity index (χ0n) is 11.1. The lowest BCUT2D eigenvalue weighted by Crippen LogP contribution is -2.30. The summed E-state index contributed by atoms with van der Waals surface area (Å²) in [6, 6.07) is 1.95. The Morgan fingerprint density at radius 3 is 3.21 bits per heavy atom. The molecule has 3 rings (SSSR count). The van der Waals surface area contributed by atoms with Crippen molar-refractivity contribution in [2.75, 3.05) is 13.1 Å². The molecule has 2 aromatic rings. The highest BCUT2D eigenvalue weighted by Crippen LogP contribution is 2.21. The maximum absolute atomic E-state index is 5.36. The SMILES string of the molecule is Cc1ccncc1-c1noc(CC2CCCNC2)n1. The molecule has 0 saturated carbocycles. The van der Waals surface area contributed by atoms with E-state index in [2.05, 4.69) is 20.4 Å². The van der Waals surface area contributed by atoms with E-state index in [1.807, 2.05) is 13.0 Å². The average molecular weight is 258 g/mol. The predicted molar refractivity (Wildman–Crippen MR) is 71.6 cm³/mol. The first kappa shape index (κ1) is 12.3. The second-order valence-electron chi connectivity index (χ2n) is 5.12. The van der Waals surface area contributed by atoms with Crippen LogP contribution in [0.1, 0.15) is 24.3 Å². The summed E-state index contributed by atoms with van der Waals surface area (Å²) in [6.45, 7) is 4.20. The van der Waals surface area contributed by atoms with Crippen molar-refractivity contribution in [2.45, 2.75) is 26.2 Å². The molecule has 100 valence electrons. The van der Waals surface area contributed by atoms with Crippen LogP contribution in [0.25, 0.3) is 11.4 Å². The van der Waals surface area contributed by atoms with E-state index >= 15 is 0 Å². The molecule has 0 bridgehead atoms. The number of aromatic nitrogens is 3. The third kappa shape index (κ3) is 2.81. The lowest BCUT2D eigenvalue weighted by Gasteiger charge is -2.20. The minimum atomic E-state index is 0.608. The van der Waals surface area contributed by atoms with Crippen molar-refractivity contribution >= 4 is 0 Å². The molecule has 5 heteroatoms. The third-order valence-electron chi connectivity index (χ3n) is 3.61. The molecule has 1 N–H and O–H groups in total. The van der Waals surface area contributed by atoms with Gasteiger partial charge in [-0.15, -0.1) is 0 Å². The Kier molecular flexibility index (Phi) is 3.55. The number of hydrogen-bond donors (Lipinski definition) is 1. The Bertz CT molecular complexity index is 546. The number of pyridine rings is 1. The van der Waals surface area contributed by atoms with Crippen LogP contribution in [0.3, 0.4) is 0 Å². The van der Waals surface area contributed by atoms with E-state index in [0.717, 1.165) is 36.5 Å². The topological polar surface area (TPSA) is 63.8 Å². The lowest BCUT2D eigenvalue weighted by molar-refractivity contribution is 0.316. The highest BCUT2D eigenvalue weighted by Gasteiger charge is 2.18. The normalized spacial score (nSPS) is 19.5. The second kappa shape index (κ2) is 5.48. The van der Waals surface area contributed by atoms with E-state index in [4.69, 9.17) is 4.52 Å². The standard InChI is InChI=1S/C14H18N4O/c1-10-4-6-16-9-12(10)14-17-13(19-18-14)7-11-3-2-5-15-8-11/h4,6,9,11,15H,2-3,5,7-8H2,1H3. The van der Waals surface area contributed by atoms with E-state index in [9.17, 15) is 0 Å². The van der Waals surface area contributed by atoms with Gasteiger partial charge < -0.3 is 9.84 Å². The third-order valence-corrected chi connectivity index (χ3v) is 3.61. The Hall–Kier alpha value is -1.75. The summed E-state index contributed by atoms with van der Waals surface area (Å²) in [6.07, 6.45) is 6.88. The van der Waals surface area contributed by atoms with Gasteiger partial charge in [0.05, 0.1) is 0 Å². The summed E-state index contributed by atoms with van der Waals surface area (Å²) in [5.74, 6) is 1.98. The molecule has 0 amide bonds. The maximum Gasteiger partial charge on any atom is 0.227 e. The molecule has 0 radical (unpaired) electrons. The van der Waals surface area contributed by atoms with E-state index in [-0.39, 0.29) is 0 Å². The summed E-state index contributed by atoms with van der Waals surface area (Å²) in [5, 5.41) is 7.47. The maximum atomic E-state index is 5.36. The van der Waals surface area contributed by atoms with Gasteiger partial charge in [0, 0.05) is 24.4 Å². The van der Waals surface area contributed by atoms with Gasteiger partial charge in [0.15, 0.2) is 0 Å². The summed E-state index contributed by atoms with van der Waals surface area (Å²) in [4.78, 5) is 8.61. The smallest absolute Gasteiger partial charge is 0.227 e. The molecule has 0 aliphatic carbocycles. The van der Waals surface area contributed by atoms with Gasteiger partial charge in [-0.2, -0.15) is 4.98 Å². The quantitative estimate of drug-likeness (QED) is 0.912. The van der Waals surface area contributed by atoms with Gasteiger partial charge in [0.2, 0.25) is 11.7 Å². The molecule has 1 aliphatic rings. The van der Waals surface area contributed by atoms with Crippen molar-refractivity contribution in [3.05, 3.63) is 29.9 Å². The molecule has 1 saturated heterocycles. The van der Waals surface area contributed by atoms with Gasteiger partial charge in [-0.25, -0.2) is 0 Å². The summed E-state index contributed by atoms with van der Waals surface area (Å²) in [5.41, 5.74) is 2.06. The second-order valence-corrected chi connectivity index (χ2v) is 5.12. The first-order valence-electron chi connectivity index (χ1n) is 6.77. The van der Waals surface area contributed by atoms with Crippen LogP contribution in [0, 0.1) is 12.8 Å². The van der Waals surface area contributed by atoms with Gasteiger partial charge in [0.1, 0.15) is 0 Å². The van der Waals surface area contributed by atoms with Gasteiger partial charge in [-0.3, -0.25) is 4.98 Å². The Balaban J connectivity index is 1.74. The van der Waals surface area contributed by atoms with E-state index in [1.54, 1.807) is 12.4 Å². The fourth-order valence-electron chi connectivity index (χ4n) is 2.49. The molecule has 2 aromatic heterocycles. The molecule has 1 fully saturated rings. The highest BCUT2D eigenvalue weighted by molar-refractivity contribution is 5.57. The Morgan fingerprint density at radius 2 is 2.42 bits per heavy atom. The molecular weight excluding hydrogens is 240 g/mol. The van der Waals surface area contributed by atoms with Crippen LogP contribution < -0.4 is 5.32 Å². The number of piperidine rings is 1. The molecular formula is C14H18N4O. The molecule has 0 aromatic carbocycles. The molecule has 19 heavy (non-hydrogen) atoms. The fraction of sp³-hybridized carbons (Fsp3) is 0.500. The fourth-order valence-corrected chi connectivity index (χ4v) is 2.49. The molecule has 1 aliphatic heterocycles. The van der Waals surface area contributed by atoms with Crippen molar-refractivity contribution in [1.82, 2.24) is 20.4 Å². The summed E-state index contributed by atoms with van der Waals surface area (Å²) >= 11 is 0. The van der Waals surface area contributed by atoms with Gasteiger partial charge in [-0.05, 0) is 50.4 Å². The van der Waals surface area contributed by atoms with Gasteiger partial charge >= 0.3 is 0 Å². The van der Waals surface area contributed by atoms with Crippen LogP contribution in [-0.2, 0) is 6.42 Å². The van der Waals surface area contributed by atoms with Crippen molar-refractivity contribution in [3.63, 3.8) is 0 Å². The number of hydrogen-bond acceptors (Lipinski definition) is 5. The van der Waals surface area contributed by atoms with Crippen molar-refractivity contribution in [3.8, 4) is 11.4 Å². The van der Waals surface area contributed by atoms with Crippen LogP contribution in [0.2, 0.25) is 0 Å². The Labute approximate surface area is 112 Å². The Morgan fingerprint density at radius 1 is 1.47 bits per heavy atom. The monoisotopic (exact) mass is 258 g/mol. The molecule has 0 spiro atoms. The van der Waals surface area contributed by atoms with Gasteiger partial charge in [-0.1, -0.05) is 5.16 Å². The van der Waals surface area contributed by atoms with Crippen LogP contribution in [0.15, 0.2) is 23.0 Å². The number of aryl methyl sites for hydroxylation is 1. The molecule has 1 atom stereocenters. The molecule has 5 nitrogen and oxygen atoms in total. The predicted octanol–water partition coefficient (Wildman–Crippen LogP) is 1.98. The van der Waals surface area contributed by atoms with Crippen LogP contribution in [-0.4, -0.2) is 28.2 Å². The van der Waals surface area contributed by atoms with Crippen LogP contribution in [0.4, 0.5) is 0 Å². The molecule has 3 heterocycles.